The van der Waals surface area contributed by atoms with E-state index in [4.69, 9.17) is 0 Å². The highest BCUT2D eigenvalue weighted by atomic mass is 16.1. The molecule has 0 amide bonds. The van der Waals surface area contributed by atoms with Crippen molar-refractivity contribution in [1.29, 1.82) is 0 Å². The van der Waals surface area contributed by atoms with Gasteiger partial charge >= 0.3 is 0 Å². The Morgan fingerprint density at radius 1 is 1.35 bits per heavy atom. The number of hydrogen-bond acceptors (Lipinski definition) is 4. The standard InChI is InChI=1S/C15H20N4O/c1-3-19-15(17-11-18-19)10-14(20)13-7-5-4-6-12(13)8-9-16-2/h4-7,11,16H,3,8-10H2,1-2H3. The van der Waals surface area contributed by atoms with Crippen LogP contribution in [0.2, 0.25) is 0 Å². The highest BCUT2D eigenvalue weighted by molar-refractivity contribution is 5.98. The van der Waals surface area contributed by atoms with Crippen LogP contribution in [0.3, 0.4) is 0 Å². The van der Waals surface area contributed by atoms with Crippen molar-refractivity contribution in [2.24, 2.45) is 0 Å². The molecule has 0 unspecified atom stereocenters. The van der Waals surface area contributed by atoms with Crippen LogP contribution in [-0.4, -0.2) is 34.1 Å². The maximum Gasteiger partial charge on any atom is 0.170 e. The van der Waals surface area contributed by atoms with Crippen LogP contribution in [0.1, 0.15) is 28.7 Å². The largest absolute Gasteiger partial charge is 0.319 e. The maximum atomic E-state index is 12.5. The van der Waals surface area contributed by atoms with Gasteiger partial charge in [-0.05, 0) is 32.5 Å². The Hall–Kier alpha value is -2.01. The van der Waals surface area contributed by atoms with Gasteiger partial charge in [0.2, 0.25) is 0 Å². The van der Waals surface area contributed by atoms with Gasteiger partial charge in [0.05, 0.1) is 6.42 Å². The van der Waals surface area contributed by atoms with Gasteiger partial charge in [0.1, 0.15) is 12.2 Å². The SMILES string of the molecule is CCn1ncnc1CC(=O)c1ccccc1CCNC. The summed E-state index contributed by atoms with van der Waals surface area (Å²) < 4.78 is 1.76. The summed E-state index contributed by atoms with van der Waals surface area (Å²) in [6, 6.07) is 7.77. The molecule has 0 atom stereocenters. The lowest BCUT2D eigenvalue weighted by Crippen LogP contribution is -2.15. The number of rotatable bonds is 7. The Labute approximate surface area is 119 Å². The fourth-order valence-electron chi connectivity index (χ4n) is 2.20. The number of benzene rings is 1. The molecule has 0 aliphatic carbocycles. The molecule has 106 valence electrons. The minimum absolute atomic E-state index is 0.0967. The molecule has 5 heteroatoms. The van der Waals surface area contributed by atoms with Crippen molar-refractivity contribution < 1.29 is 4.79 Å². The van der Waals surface area contributed by atoms with Crippen LogP contribution in [0.15, 0.2) is 30.6 Å². The molecule has 1 aromatic carbocycles. The molecule has 0 saturated carbocycles. The summed E-state index contributed by atoms with van der Waals surface area (Å²) in [5, 5.41) is 7.21. The van der Waals surface area contributed by atoms with E-state index < -0.39 is 0 Å². The van der Waals surface area contributed by atoms with E-state index in [1.165, 1.54) is 6.33 Å². The van der Waals surface area contributed by atoms with Gasteiger partial charge in [0.25, 0.3) is 0 Å². The van der Waals surface area contributed by atoms with Gasteiger partial charge in [-0.3, -0.25) is 4.79 Å². The first-order valence-electron chi connectivity index (χ1n) is 6.88. The number of Topliss-reactive ketones (excluding diaryl/α,β-unsaturated/α-hetero) is 1. The second-order valence-corrected chi connectivity index (χ2v) is 4.60. The number of aryl methyl sites for hydroxylation is 1. The summed E-state index contributed by atoms with van der Waals surface area (Å²) in [5.74, 6) is 0.820. The zero-order valence-electron chi connectivity index (χ0n) is 12.0. The van der Waals surface area contributed by atoms with Gasteiger partial charge in [-0.15, -0.1) is 0 Å². The lowest BCUT2D eigenvalue weighted by atomic mass is 9.99. The van der Waals surface area contributed by atoms with E-state index in [0.717, 1.165) is 36.5 Å². The van der Waals surface area contributed by atoms with Crippen molar-refractivity contribution in [1.82, 2.24) is 20.1 Å². The highest BCUT2D eigenvalue weighted by Gasteiger charge is 2.14. The van der Waals surface area contributed by atoms with Crippen LogP contribution in [0.4, 0.5) is 0 Å². The molecule has 2 aromatic rings. The molecule has 0 saturated heterocycles. The zero-order valence-corrected chi connectivity index (χ0v) is 12.0. The average Bonchev–Trinajstić information content (AvgIpc) is 2.92. The zero-order chi connectivity index (χ0) is 14.4. The first-order chi connectivity index (χ1) is 9.76. The van der Waals surface area contributed by atoms with E-state index in [1.54, 1.807) is 4.68 Å². The average molecular weight is 272 g/mol. The van der Waals surface area contributed by atoms with Crippen LogP contribution in [0, 0.1) is 0 Å². The fraction of sp³-hybridized carbons (Fsp3) is 0.400. The van der Waals surface area contributed by atoms with Gasteiger partial charge in [0.15, 0.2) is 5.78 Å². The lowest BCUT2D eigenvalue weighted by Gasteiger charge is -2.08. The molecule has 2 rings (SSSR count). The Morgan fingerprint density at radius 3 is 2.90 bits per heavy atom. The summed E-state index contributed by atoms with van der Waals surface area (Å²) >= 11 is 0. The third kappa shape index (κ3) is 3.30. The molecule has 5 nitrogen and oxygen atoms in total. The summed E-state index contributed by atoms with van der Waals surface area (Å²) in [5.41, 5.74) is 1.86. The number of likely N-dealkylation sites (N-methyl/N-ethyl adjacent to an activating group) is 1. The Morgan fingerprint density at radius 2 is 2.15 bits per heavy atom. The van der Waals surface area contributed by atoms with Crippen molar-refractivity contribution in [3.05, 3.63) is 47.5 Å². The van der Waals surface area contributed by atoms with Crippen LogP contribution in [-0.2, 0) is 19.4 Å². The first-order valence-corrected chi connectivity index (χ1v) is 6.88. The third-order valence-corrected chi connectivity index (χ3v) is 3.28. The smallest absolute Gasteiger partial charge is 0.170 e. The fourth-order valence-corrected chi connectivity index (χ4v) is 2.20. The van der Waals surface area contributed by atoms with Crippen LogP contribution >= 0.6 is 0 Å². The third-order valence-electron chi connectivity index (χ3n) is 3.28. The van der Waals surface area contributed by atoms with E-state index in [1.807, 2.05) is 38.2 Å². The van der Waals surface area contributed by atoms with Gasteiger partial charge in [-0.1, -0.05) is 24.3 Å². The topological polar surface area (TPSA) is 59.8 Å². The number of ketones is 1. The van der Waals surface area contributed by atoms with Gasteiger partial charge in [-0.2, -0.15) is 5.10 Å². The molecule has 0 aliphatic heterocycles. The number of nitrogens with one attached hydrogen (secondary N) is 1. The second kappa shape index (κ2) is 6.96. The van der Waals surface area contributed by atoms with Crippen LogP contribution in [0.25, 0.3) is 0 Å². The van der Waals surface area contributed by atoms with Gasteiger partial charge in [-0.25, -0.2) is 9.67 Å². The van der Waals surface area contributed by atoms with E-state index in [2.05, 4.69) is 15.4 Å². The minimum Gasteiger partial charge on any atom is -0.319 e. The summed E-state index contributed by atoms with van der Waals surface area (Å²) in [6.07, 6.45) is 2.64. The molecular weight excluding hydrogens is 252 g/mol. The van der Waals surface area contributed by atoms with Crippen molar-refractivity contribution >= 4 is 5.78 Å². The van der Waals surface area contributed by atoms with E-state index in [-0.39, 0.29) is 5.78 Å². The summed E-state index contributed by atoms with van der Waals surface area (Å²) in [7, 11) is 1.91. The quantitative estimate of drug-likeness (QED) is 0.776. The highest BCUT2D eigenvalue weighted by Crippen LogP contribution is 2.12. The van der Waals surface area contributed by atoms with E-state index >= 15 is 0 Å². The number of aromatic nitrogens is 3. The predicted molar refractivity (Wildman–Crippen MR) is 77.8 cm³/mol. The Kier molecular flexibility index (Phi) is 5.01. The molecule has 1 aromatic heterocycles. The van der Waals surface area contributed by atoms with Crippen molar-refractivity contribution in [2.45, 2.75) is 26.3 Å². The second-order valence-electron chi connectivity index (χ2n) is 4.60. The van der Waals surface area contributed by atoms with Crippen molar-refractivity contribution in [3.63, 3.8) is 0 Å². The van der Waals surface area contributed by atoms with Gasteiger partial charge < -0.3 is 5.32 Å². The minimum atomic E-state index is 0.0967. The molecule has 1 N–H and O–H groups in total. The van der Waals surface area contributed by atoms with Crippen LogP contribution < -0.4 is 5.32 Å². The molecule has 0 fully saturated rings. The molecule has 0 bridgehead atoms. The van der Waals surface area contributed by atoms with Crippen LogP contribution in [0.5, 0.6) is 0 Å². The number of carbonyl (C=O) groups excluding carboxylic acids is 1. The monoisotopic (exact) mass is 272 g/mol. The lowest BCUT2D eigenvalue weighted by molar-refractivity contribution is 0.0988. The summed E-state index contributed by atoms with van der Waals surface area (Å²) in [4.78, 5) is 16.6. The molecular formula is C15H20N4O. The Bertz CT molecular complexity index is 577. The number of nitrogens with zero attached hydrogens (tertiary/aromatic N) is 3. The van der Waals surface area contributed by atoms with Crippen molar-refractivity contribution in [3.8, 4) is 0 Å². The van der Waals surface area contributed by atoms with Gasteiger partial charge in [0, 0.05) is 12.1 Å². The molecule has 0 radical (unpaired) electrons. The first kappa shape index (κ1) is 14.4. The number of carbonyl (C=O) groups is 1. The van der Waals surface area contributed by atoms with Crippen molar-refractivity contribution in [2.75, 3.05) is 13.6 Å². The maximum absolute atomic E-state index is 12.5. The normalized spacial score (nSPS) is 10.7. The summed E-state index contributed by atoms with van der Waals surface area (Å²) in [6.45, 7) is 3.57. The molecule has 0 aliphatic rings. The predicted octanol–water partition coefficient (Wildman–Crippen LogP) is 1.49. The number of hydrogen-bond donors (Lipinski definition) is 1. The van der Waals surface area contributed by atoms with E-state index in [9.17, 15) is 4.79 Å². The molecule has 0 spiro atoms. The molecule has 20 heavy (non-hydrogen) atoms. The van der Waals surface area contributed by atoms with E-state index in [0.29, 0.717) is 6.42 Å². The Balaban J connectivity index is 2.16. The molecule has 1 heterocycles.